The quantitative estimate of drug-likeness (QED) is 0.545. The predicted octanol–water partition coefficient (Wildman–Crippen LogP) is 5.61. The maximum Gasteiger partial charge on any atom is 0.256 e. The van der Waals surface area contributed by atoms with E-state index in [4.69, 9.17) is 11.6 Å². The largest absolute Gasteiger partial charge is 0.313 e. The molecule has 3 aromatic rings. The molecule has 1 amide bonds. The first-order valence-electron chi connectivity index (χ1n) is 10.6. The molecule has 1 N–H and O–H groups in total. The summed E-state index contributed by atoms with van der Waals surface area (Å²) in [6.07, 6.45) is 0. The van der Waals surface area contributed by atoms with Crippen LogP contribution >= 0.6 is 22.9 Å². The zero-order valence-corrected chi connectivity index (χ0v) is 19.8. The zero-order chi connectivity index (χ0) is 22.0. The van der Waals surface area contributed by atoms with Gasteiger partial charge in [0.25, 0.3) is 5.91 Å². The Hall–Kier alpha value is -2.18. The summed E-state index contributed by atoms with van der Waals surface area (Å²) in [7, 11) is 2.16. The van der Waals surface area contributed by atoms with Crippen LogP contribution in [0.2, 0.25) is 5.02 Å². The molecule has 1 aliphatic rings. The molecular weight excluding hydrogens is 426 g/mol. The number of anilines is 1. The normalized spacial score (nSPS) is 16.3. The maximum absolute atomic E-state index is 13.0. The summed E-state index contributed by atoms with van der Waals surface area (Å²) in [5, 5.41) is 4.87. The molecule has 31 heavy (non-hydrogen) atoms. The molecular formula is C25H28ClN3OS. The number of nitrogens with zero attached hydrogens (tertiary/aromatic N) is 2. The van der Waals surface area contributed by atoms with Gasteiger partial charge in [-0.1, -0.05) is 48.0 Å². The number of thiophene rings is 1. The monoisotopic (exact) mass is 453 g/mol. The van der Waals surface area contributed by atoms with Gasteiger partial charge in [0.15, 0.2) is 0 Å². The van der Waals surface area contributed by atoms with E-state index in [0.29, 0.717) is 5.56 Å². The summed E-state index contributed by atoms with van der Waals surface area (Å²) < 4.78 is 0. The van der Waals surface area contributed by atoms with E-state index in [0.717, 1.165) is 47.3 Å². The van der Waals surface area contributed by atoms with Crippen molar-refractivity contribution >= 4 is 33.8 Å². The Labute approximate surface area is 193 Å². The van der Waals surface area contributed by atoms with Gasteiger partial charge in [-0.15, -0.1) is 11.3 Å². The molecule has 0 radical (unpaired) electrons. The SMILES string of the molecule is Cc1sc(NC(=O)c2ccccc2)c([C@H](c2ccccc2Cl)N2CCN(C)CC2)c1C. The molecule has 4 rings (SSSR count). The third-order valence-corrected chi connectivity index (χ3v) is 7.55. The first-order chi connectivity index (χ1) is 15.0. The molecule has 0 spiro atoms. The van der Waals surface area contributed by atoms with Crippen LogP contribution in [0, 0.1) is 13.8 Å². The van der Waals surface area contributed by atoms with E-state index in [1.54, 1.807) is 11.3 Å². The molecule has 1 saturated heterocycles. The summed E-state index contributed by atoms with van der Waals surface area (Å²) in [5.74, 6) is -0.0839. The molecule has 0 saturated carbocycles. The van der Waals surface area contributed by atoms with Gasteiger partial charge in [0, 0.05) is 47.2 Å². The highest BCUT2D eigenvalue weighted by Gasteiger charge is 2.32. The summed E-state index contributed by atoms with van der Waals surface area (Å²) in [6.45, 7) is 8.19. The number of nitrogens with one attached hydrogen (secondary N) is 1. The summed E-state index contributed by atoms with van der Waals surface area (Å²) in [6, 6.07) is 17.5. The Kier molecular flexibility index (Phi) is 6.77. The third kappa shape index (κ3) is 4.70. The molecule has 162 valence electrons. The Morgan fingerprint density at radius 2 is 1.65 bits per heavy atom. The van der Waals surface area contributed by atoms with E-state index in [1.165, 1.54) is 10.4 Å². The topological polar surface area (TPSA) is 35.6 Å². The van der Waals surface area contributed by atoms with Crippen molar-refractivity contribution in [2.45, 2.75) is 19.9 Å². The predicted molar refractivity (Wildman–Crippen MR) is 131 cm³/mol. The molecule has 1 atom stereocenters. The standard InChI is InChI=1S/C25H28ClN3OS/c1-17-18(2)31-25(27-24(30)19-9-5-4-6-10-19)22(17)23(20-11-7-8-12-21(20)26)29-15-13-28(3)14-16-29/h4-12,23H,13-16H2,1-3H3,(H,27,30)/t23-/m0/s1. The fourth-order valence-electron chi connectivity index (χ4n) is 4.14. The smallest absolute Gasteiger partial charge is 0.256 e. The van der Waals surface area contributed by atoms with Gasteiger partial charge in [0.2, 0.25) is 0 Å². The highest BCUT2D eigenvalue weighted by Crippen LogP contribution is 2.44. The van der Waals surface area contributed by atoms with Crippen LogP contribution in [0.15, 0.2) is 54.6 Å². The zero-order valence-electron chi connectivity index (χ0n) is 18.2. The number of aryl methyl sites for hydroxylation is 1. The fourth-order valence-corrected chi connectivity index (χ4v) is 5.47. The van der Waals surface area contributed by atoms with Crippen molar-refractivity contribution in [3.05, 3.63) is 86.8 Å². The van der Waals surface area contributed by atoms with Crippen molar-refractivity contribution in [3.63, 3.8) is 0 Å². The van der Waals surface area contributed by atoms with Gasteiger partial charge in [-0.2, -0.15) is 0 Å². The van der Waals surface area contributed by atoms with Crippen LogP contribution < -0.4 is 5.32 Å². The highest BCUT2D eigenvalue weighted by molar-refractivity contribution is 7.16. The number of rotatable bonds is 5. The highest BCUT2D eigenvalue weighted by atomic mass is 35.5. The van der Waals surface area contributed by atoms with Crippen LogP contribution in [0.4, 0.5) is 5.00 Å². The Morgan fingerprint density at radius 1 is 1.00 bits per heavy atom. The number of hydrogen-bond donors (Lipinski definition) is 1. The molecule has 2 aromatic carbocycles. The molecule has 4 nitrogen and oxygen atoms in total. The van der Waals surface area contributed by atoms with Crippen molar-refractivity contribution in [2.75, 3.05) is 38.5 Å². The van der Waals surface area contributed by atoms with Gasteiger partial charge in [-0.25, -0.2) is 0 Å². The summed E-state index contributed by atoms with van der Waals surface area (Å²) in [5.41, 5.74) is 4.12. The number of carbonyl (C=O) groups excluding carboxylic acids is 1. The number of piperazine rings is 1. The van der Waals surface area contributed by atoms with Crippen molar-refractivity contribution in [1.29, 1.82) is 0 Å². The lowest BCUT2D eigenvalue weighted by atomic mass is 9.94. The molecule has 1 aromatic heterocycles. The number of likely N-dealkylation sites (N-methyl/N-ethyl adjacent to an activating group) is 1. The van der Waals surface area contributed by atoms with Gasteiger partial charge in [-0.3, -0.25) is 9.69 Å². The summed E-state index contributed by atoms with van der Waals surface area (Å²) >= 11 is 8.35. The fraction of sp³-hybridized carbons (Fsp3) is 0.320. The minimum atomic E-state index is -0.0839. The van der Waals surface area contributed by atoms with Crippen molar-refractivity contribution < 1.29 is 4.79 Å². The van der Waals surface area contributed by atoms with Crippen LogP contribution in [-0.2, 0) is 0 Å². The Morgan fingerprint density at radius 3 is 2.32 bits per heavy atom. The average Bonchev–Trinajstić information content (AvgIpc) is 3.05. The number of amides is 1. The second kappa shape index (κ2) is 9.53. The molecule has 1 fully saturated rings. The maximum atomic E-state index is 13.0. The van der Waals surface area contributed by atoms with E-state index in [-0.39, 0.29) is 11.9 Å². The Bertz CT molecular complexity index is 1060. The lowest BCUT2D eigenvalue weighted by molar-refractivity contribution is 0.102. The average molecular weight is 454 g/mol. The molecule has 0 aliphatic carbocycles. The van der Waals surface area contributed by atoms with E-state index in [9.17, 15) is 4.79 Å². The van der Waals surface area contributed by atoms with Gasteiger partial charge >= 0.3 is 0 Å². The first kappa shape index (κ1) is 22.0. The lowest BCUT2D eigenvalue weighted by Crippen LogP contribution is -2.46. The van der Waals surface area contributed by atoms with E-state index in [2.05, 4.69) is 42.1 Å². The number of halogens is 1. The van der Waals surface area contributed by atoms with Gasteiger partial charge in [0.1, 0.15) is 5.00 Å². The van der Waals surface area contributed by atoms with Crippen molar-refractivity contribution in [3.8, 4) is 0 Å². The first-order valence-corrected chi connectivity index (χ1v) is 11.8. The second-order valence-electron chi connectivity index (χ2n) is 8.11. The van der Waals surface area contributed by atoms with Crippen molar-refractivity contribution in [2.24, 2.45) is 0 Å². The summed E-state index contributed by atoms with van der Waals surface area (Å²) in [4.78, 5) is 19.0. The van der Waals surface area contributed by atoms with Crippen LogP contribution in [0.5, 0.6) is 0 Å². The van der Waals surface area contributed by atoms with Crippen molar-refractivity contribution in [1.82, 2.24) is 9.80 Å². The third-order valence-electron chi connectivity index (χ3n) is 6.07. The molecule has 1 aliphatic heterocycles. The minimum Gasteiger partial charge on any atom is -0.313 e. The van der Waals surface area contributed by atoms with E-state index < -0.39 is 0 Å². The molecule has 2 heterocycles. The number of benzene rings is 2. The van der Waals surface area contributed by atoms with Gasteiger partial charge < -0.3 is 10.2 Å². The minimum absolute atomic E-state index is 0.00146. The van der Waals surface area contributed by atoms with E-state index in [1.807, 2.05) is 48.5 Å². The second-order valence-corrected chi connectivity index (χ2v) is 9.74. The number of carbonyl (C=O) groups is 1. The van der Waals surface area contributed by atoms with E-state index >= 15 is 0 Å². The van der Waals surface area contributed by atoms with Gasteiger partial charge in [-0.05, 0) is 50.2 Å². The molecule has 0 bridgehead atoms. The van der Waals surface area contributed by atoms with Crippen LogP contribution in [-0.4, -0.2) is 48.9 Å². The van der Waals surface area contributed by atoms with Crippen LogP contribution in [0.25, 0.3) is 0 Å². The molecule has 6 heteroatoms. The lowest BCUT2D eigenvalue weighted by Gasteiger charge is -2.39. The molecule has 0 unspecified atom stereocenters. The van der Waals surface area contributed by atoms with Crippen LogP contribution in [0.3, 0.4) is 0 Å². The van der Waals surface area contributed by atoms with Crippen LogP contribution in [0.1, 0.15) is 38.0 Å². The number of hydrogen-bond acceptors (Lipinski definition) is 4. The Balaban J connectivity index is 1.78. The van der Waals surface area contributed by atoms with Gasteiger partial charge in [0.05, 0.1) is 6.04 Å².